The minimum Gasteiger partial charge on any atom is -0.406 e. The maximum absolute atomic E-state index is 12.3. The number of nitrogens with zero attached hydrogens (tertiary/aromatic N) is 1. The summed E-state index contributed by atoms with van der Waals surface area (Å²) in [6.07, 6.45) is 0.550. The van der Waals surface area contributed by atoms with Crippen molar-refractivity contribution in [2.75, 3.05) is 4.72 Å². The first-order valence-corrected chi connectivity index (χ1v) is 9.44. The fourth-order valence-corrected chi connectivity index (χ4v) is 4.09. The van der Waals surface area contributed by atoms with E-state index in [4.69, 9.17) is 27.9 Å². The van der Waals surface area contributed by atoms with E-state index in [1.54, 1.807) is 0 Å². The topological polar surface area (TPSA) is 85.4 Å². The van der Waals surface area contributed by atoms with Gasteiger partial charge in [-0.25, -0.2) is 8.42 Å². The molecule has 2 rings (SSSR count). The number of hydrogen-bond acceptors (Lipinski definition) is 6. The van der Waals surface area contributed by atoms with E-state index < -0.39 is 16.0 Å². The lowest BCUT2D eigenvalue weighted by atomic mass is 10.4. The molecule has 0 radical (unpaired) electrons. The fourth-order valence-electron chi connectivity index (χ4n) is 1.64. The molecule has 0 bridgehead atoms. The summed E-state index contributed by atoms with van der Waals surface area (Å²) in [5, 5.41) is 0.484. The summed E-state index contributed by atoms with van der Waals surface area (Å²) in [6.45, 7) is 3.09. The smallest absolute Gasteiger partial charge is 0.309 e. The van der Waals surface area contributed by atoms with Gasteiger partial charge in [0.1, 0.15) is 0 Å². The van der Waals surface area contributed by atoms with E-state index in [1.165, 1.54) is 25.1 Å². The van der Waals surface area contributed by atoms with Crippen LogP contribution in [0.4, 0.5) is 5.13 Å². The number of nitrogens with one attached hydrogen (secondary N) is 1. The van der Waals surface area contributed by atoms with Crippen LogP contribution in [-0.2, 0) is 21.2 Å². The number of benzene rings is 1. The third-order valence-corrected chi connectivity index (χ3v) is 5.95. The highest BCUT2D eigenvalue weighted by molar-refractivity contribution is 7.93. The molecule has 1 N–H and O–H groups in total. The molecule has 0 atom stereocenters. The second-order valence-corrected chi connectivity index (χ2v) is 7.96. The number of sulfonamides is 1. The van der Waals surface area contributed by atoms with Crippen molar-refractivity contribution in [3.8, 4) is 5.88 Å². The monoisotopic (exact) mass is 394 g/mol. The molecule has 0 aliphatic carbocycles. The molecule has 0 saturated heterocycles. The van der Waals surface area contributed by atoms with Gasteiger partial charge in [0.15, 0.2) is 5.13 Å². The van der Waals surface area contributed by atoms with E-state index in [1.807, 2.05) is 6.92 Å². The molecule has 0 aliphatic rings. The summed E-state index contributed by atoms with van der Waals surface area (Å²) in [5.74, 6) is -0.416. The molecule has 2 aromatic rings. The van der Waals surface area contributed by atoms with E-state index in [-0.39, 0.29) is 26.0 Å². The first-order chi connectivity index (χ1) is 10.7. The number of rotatable bonds is 5. The number of anilines is 1. The Morgan fingerprint density at radius 1 is 1.35 bits per heavy atom. The van der Waals surface area contributed by atoms with Crippen LogP contribution >= 0.6 is 34.5 Å². The quantitative estimate of drug-likeness (QED) is 0.780. The molecule has 23 heavy (non-hydrogen) atoms. The van der Waals surface area contributed by atoms with Gasteiger partial charge in [0.25, 0.3) is 10.0 Å². The number of thiazole rings is 1. The molecule has 0 aliphatic heterocycles. The standard InChI is InChI=1S/C13H12Cl2N2O4S2/c1-3-11-12(21-7(2)18)16-13(22-11)17-23(19,20)8-4-5-9(14)10(15)6-8/h4-6H,3H2,1-2H3,(H,16,17). The van der Waals surface area contributed by atoms with Gasteiger partial charge < -0.3 is 4.74 Å². The zero-order valence-corrected chi connectivity index (χ0v) is 15.2. The summed E-state index contributed by atoms with van der Waals surface area (Å²) >= 11 is 12.7. The van der Waals surface area contributed by atoms with Crippen LogP contribution in [0.3, 0.4) is 0 Å². The number of ether oxygens (including phenoxy) is 1. The van der Waals surface area contributed by atoms with Crippen molar-refractivity contribution < 1.29 is 17.9 Å². The Morgan fingerprint density at radius 2 is 2.04 bits per heavy atom. The minimum absolute atomic E-state index is 0.0471. The molecule has 10 heteroatoms. The van der Waals surface area contributed by atoms with Gasteiger partial charge in [0.2, 0.25) is 5.88 Å². The Kier molecular flexibility index (Phi) is 5.51. The molecule has 0 spiro atoms. The van der Waals surface area contributed by atoms with Gasteiger partial charge in [-0.05, 0) is 24.6 Å². The van der Waals surface area contributed by atoms with Gasteiger partial charge in [-0.15, -0.1) is 0 Å². The van der Waals surface area contributed by atoms with E-state index in [2.05, 4.69) is 9.71 Å². The third-order valence-electron chi connectivity index (χ3n) is 2.65. The van der Waals surface area contributed by atoms with Gasteiger partial charge in [-0.3, -0.25) is 9.52 Å². The zero-order chi connectivity index (χ0) is 17.2. The Balaban J connectivity index is 2.31. The van der Waals surface area contributed by atoms with E-state index >= 15 is 0 Å². The normalized spacial score (nSPS) is 11.3. The van der Waals surface area contributed by atoms with Crippen molar-refractivity contribution in [3.05, 3.63) is 33.1 Å². The van der Waals surface area contributed by atoms with Gasteiger partial charge in [-0.1, -0.05) is 41.5 Å². The van der Waals surface area contributed by atoms with Crippen molar-refractivity contribution in [1.29, 1.82) is 0 Å². The number of carbonyl (C=O) groups excluding carboxylic acids is 1. The van der Waals surface area contributed by atoms with Gasteiger partial charge in [-0.2, -0.15) is 4.98 Å². The highest BCUT2D eigenvalue weighted by atomic mass is 35.5. The minimum atomic E-state index is -3.88. The number of aryl methyl sites for hydroxylation is 1. The average Bonchev–Trinajstić information content (AvgIpc) is 2.81. The Hall–Kier alpha value is -1.35. The Morgan fingerprint density at radius 3 is 2.61 bits per heavy atom. The Labute approximate surface area is 147 Å². The lowest BCUT2D eigenvalue weighted by Gasteiger charge is -2.06. The lowest BCUT2D eigenvalue weighted by molar-refractivity contribution is -0.132. The van der Waals surface area contributed by atoms with Crippen LogP contribution in [0.5, 0.6) is 5.88 Å². The number of halogens is 2. The largest absolute Gasteiger partial charge is 0.406 e. The van der Waals surface area contributed by atoms with E-state index in [0.29, 0.717) is 11.3 Å². The molecule has 1 aromatic heterocycles. The van der Waals surface area contributed by atoms with E-state index in [0.717, 1.165) is 11.3 Å². The number of esters is 1. The highest BCUT2D eigenvalue weighted by Crippen LogP contribution is 2.32. The maximum Gasteiger partial charge on any atom is 0.309 e. The highest BCUT2D eigenvalue weighted by Gasteiger charge is 2.20. The van der Waals surface area contributed by atoms with Gasteiger partial charge in [0, 0.05) is 6.92 Å². The zero-order valence-electron chi connectivity index (χ0n) is 12.1. The average molecular weight is 395 g/mol. The molecule has 0 saturated carbocycles. The van der Waals surface area contributed by atoms with Crippen molar-refractivity contribution in [2.45, 2.75) is 25.2 Å². The number of hydrogen-bond donors (Lipinski definition) is 1. The predicted octanol–water partition coefficient (Wildman–Crippen LogP) is 3.74. The SMILES string of the molecule is CCc1sc(NS(=O)(=O)c2ccc(Cl)c(Cl)c2)nc1OC(C)=O. The second kappa shape index (κ2) is 7.04. The van der Waals surface area contributed by atoms with Crippen LogP contribution in [0.15, 0.2) is 23.1 Å². The van der Waals surface area contributed by atoms with Crippen LogP contribution < -0.4 is 9.46 Å². The van der Waals surface area contributed by atoms with Crippen molar-refractivity contribution in [3.63, 3.8) is 0 Å². The summed E-state index contributed by atoms with van der Waals surface area (Å²) < 4.78 is 32.0. The van der Waals surface area contributed by atoms with Crippen molar-refractivity contribution in [2.24, 2.45) is 0 Å². The Bertz CT molecular complexity index is 850. The van der Waals surface area contributed by atoms with Crippen LogP contribution in [0.25, 0.3) is 0 Å². The molecule has 0 amide bonds. The fraction of sp³-hybridized carbons (Fsp3) is 0.231. The van der Waals surface area contributed by atoms with Crippen molar-refractivity contribution in [1.82, 2.24) is 4.98 Å². The molecular weight excluding hydrogens is 383 g/mol. The molecule has 0 fully saturated rings. The molecule has 1 heterocycles. The van der Waals surface area contributed by atoms with Crippen LogP contribution in [0, 0.1) is 0 Å². The lowest BCUT2D eigenvalue weighted by Crippen LogP contribution is -2.12. The molecule has 0 unspecified atom stereocenters. The van der Waals surface area contributed by atoms with Gasteiger partial charge in [0.05, 0.1) is 19.8 Å². The summed E-state index contributed by atoms with van der Waals surface area (Å²) in [6, 6.07) is 3.97. The summed E-state index contributed by atoms with van der Waals surface area (Å²) in [5.41, 5.74) is 0. The number of carbonyl (C=O) groups is 1. The second-order valence-electron chi connectivity index (χ2n) is 4.38. The predicted molar refractivity (Wildman–Crippen MR) is 90.1 cm³/mol. The molecule has 1 aromatic carbocycles. The molecule has 6 nitrogen and oxygen atoms in total. The first kappa shape index (κ1) is 18.0. The van der Waals surface area contributed by atoms with Gasteiger partial charge >= 0.3 is 5.97 Å². The molecule has 124 valence electrons. The van der Waals surface area contributed by atoms with Crippen molar-refractivity contribution >= 4 is 55.7 Å². The van der Waals surface area contributed by atoms with Crippen LogP contribution in [0.1, 0.15) is 18.7 Å². The molecular formula is C13H12Cl2N2O4S2. The summed E-state index contributed by atoms with van der Waals surface area (Å²) in [4.78, 5) is 15.7. The maximum atomic E-state index is 12.3. The van der Waals surface area contributed by atoms with Crippen LogP contribution in [-0.4, -0.2) is 19.4 Å². The third kappa shape index (κ3) is 4.35. The van der Waals surface area contributed by atoms with E-state index in [9.17, 15) is 13.2 Å². The number of aromatic nitrogens is 1. The van der Waals surface area contributed by atoms with Crippen LogP contribution in [0.2, 0.25) is 10.0 Å². The summed E-state index contributed by atoms with van der Waals surface area (Å²) in [7, 11) is -3.88. The first-order valence-electron chi connectivity index (χ1n) is 6.39.